The lowest BCUT2D eigenvalue weighted by Gasteiger charge is -2.14. The number of hydrogen-bond donors (Lipinski definition) is 2. The summed E-state index contributed by atoms with van der Waals surface area (Å²) in [6.07, 6.45) is -4.81. The molecule has 11 nitrogen and oxygen atoms in total. The molecule has 0 aliphatic rings. The van der Waals surface area contributed by atoms with E-state index in [1.807, 2.05) is 0 Å². The number of methoxy groups -OCH3 is 1. The number of aryl methyl sites for hydroxylation is 1. The third-order valence-corrected chi connectivity index (χ3v) is 7.20. The van der Waals surface area contributed by atoms with Gasteiger partial charge in [-0.15, -0.1) is 28.5 Å². The molecule has 3 unspecified atom stereocenters. The fraction of sp³-hybridized carbons (Fsp3) is 0.429. The Hall–Kier alpha value is -4.16. The van der Waals surface area contributed by atoms with Crippen LogP contribution < -0.4 is 15.4 Å². The van der Waals surface area contributed by atoms with Crippen LogP contribution in [0.4, 0.5) is 31.5 Å². The predicted molar refractivity (Wildman–Crippen MR) is 154 cm³/mol. The molecule has 0 bridgehead atoms. The zero-order chi connectivity index (χ0) is 33.3. The number of rotatable bonds is 16. The van der Waals surface area contributed by atoms with Crippen LogP contribution in [0.25, 0.3) is 0 Å². The van der Waals surface area contributed by atoms with Gasteiger partial charge < -0.3 is 14.8 Å². The molecule has 0 fully saturated rings. The van der Waals surface area contributed by atoms with E-state index >= 15 is 0 Å². The standard InChI is InChI=1S/C28H30F6N8O3S/c1-16(29)9-17-7-8-35-20(10-17)13-36-26(44-2)23-15-42(41-38-23)14-19(30)3-6-25-39-40-27(46-25)37-24(43)12-18-11-21(4-5-22(18)31)45-28(32,33)34/h4-5,7-8,10-11,15-16,19,26,36H,3,6,9,12-14H2,1-2H3,(H,37,40,43). The van der Waals surface area contributed by atoms with Gasteiger partial charge in [0, 0.05) is 38.3 Å². The maximum Gasteiger partial charge on any atom is 0.573 e. The molecule has 1 amide bonds. The first-order chi connectivity index (χ1) is 21.9. The van der Waals surface area contributed by atoms with Crippen molar-refractivity contribution < 1.29 is 40.6 Å². The molecule has 0 saturated carbocycles. The van der Waals surface area contributed by atoms with Crippen LogP contribution in [0.15, 0.2) is 42.7 Å². The van der Waals surface area contributed by atoms with E-state index in [1.165, 1.54) is 18.7 Å². The lowest BCUT2D eigenvalue weighted by atomic mass is 10.1. The molecular weight excluding hydrogens is 642 g/mol. The highest BCUT2D eigenvalue weighted by Gasteiger charge is 2.31. The summed E-state index contributed by atoms with van der Waals surface area (Å²) in [5.74, 6) is -2.28. The molecule has 0 aliphatic carbocycles. The van der Waals surface area contributed by atoms with E-state index in [9.17, 15) is 31.1 Å². The molecule has 3 atom stereocenters. The van der Waals surface area contributed by atoms with Gasteiger partial charge in [-0.2, -0.15) is 0 Å². The maximum atomic E-state index is 14.8. The highest BCUT2D eigenvalue weighted by molar-refractivity contribution is 7.15. The quantitative estimate of drug-likeness (QED) is 0.124. The molecule has 248 valence electrons. The summed E-state index contributed by atoms with van der Waals surface area (Å²) in [6.45, 7) is 1.71. The van der Waals surface area contributed by atoms with Gasteiger partial charge in [-0.25, -0.2) is 17.9 Å². The fourth-order valence-electron chi connectivity index (χ4n) is 4.30. The number of carbonyl (C=O) groups excluding carboxylic acids is 1. The molecular formula is C28H30F6N8O3S. The van der Waals surface area contributed by atoms with Gasteiger partial charge in [0.1, 0.15) is 34.6 Å². The second kappa shape index (κ2) is 15.9. The number of nitrogens with zero attached hydrogens (tertiary/aromatic N) is 6. The zero-order valence-electron chi connectivity index (χ0n) is 24.6. The second-order valence-corrected chi connectivity index (χ2v) is 11.2. The van der Waals surface area contributed by atoms with E-state index in [0.29, 0.717) is 22.9 Å². The van der Waals surface area contributed by atoms with E-state index in [0.717, 1.165) is 35.1 Å². The Morgan fingerprint density at radius 2 is 1.93 bits per heavy atom. The van der Waals surface area contributed by atoms with Crippen molar-refractivity contribution in [1.82, 2.24) is 35.5 Å². The lowest BCUT2D eigenvalue weighted by molar-refractivity contribution is -0.274. The number of benzene rings is 1. The van der Waals surface area contributed by atoms with Crippen molar-refractivity contribution in [2.45, 2.75) is 70.6 Å². The van der Waals surface area contributed by atoms with Gasteiger partial charge >= 0.3 is 6.36 Å². The summed E-state index contributed by atoms with van der Waals surface area (Å²) in [6, 6.07) is 5.91. The molecule has 0 spiro atoms. The second-order valence-electron chi connectivity index (χ2n) is 10.2. The lowest BCUT2D eigenvalue weighted by Crippen LogP contribution is -2.23. The third kappa shape index (κ3) is 11.0. The Bertz CT molecular complexity index is 1580. The fourth-order valence-corrected chi connectivity index (χ4v) is 5.08. The molecule has 46 heavy (non-hydrogen) atoms. The molecule has 3 heterocycles. The van der Waals surface area contributed by atoms with Crippen LogP contribution in [0.1, 0.15) is 47.1 Å². The zero-order valence-corrected chi connectivity index (χ0v) is 25.4. The van der Waals surface area contributed by atoms with Crippen molar-refractivity contribution in [3.8, 4) is 5.75 Å². The van der Waals surface area contributed by atoms with Crippen molar-refractivity contribution in [3.63, 3.8) is 0 Å². The van der Waals surface area contributed by atoms with Gasteiger partial charge in [-0.1, -0.05) is 16.6 Å². The number of alkyl halides is 5. The van der Waals surface area contributed by atoms with Crippen molar-refractivity contribution in [2.75, 3.05) is 12.4 Å². The minimum absolute atomic E-state index is 0.0560. The van der Waals surface area contributed by atoms with E-state index in [1.54, 1.807) is 24.5 Å². The molecule has 4 aromatic rings. The van der Waals surface area contributed by atoms with Gasteiger partial charge in [0.25, 0.3) is 0 Å². The van der Waals surface area contributed by atoms with E-state index in [-0.39, 0.29) is 36.5 Å². The minimum atomic E-state index is -4.97. The SMILES string of the molecule is COC(NCc1cc(CC(C)F)ccn1)c1cn(CC(F)CCc2nnc(NC(=O)Cc3cc(OC(F)(F)F)ccc3F)s2)nn1. The number of anilines is 1. The van der Waals surface area contributed by atoms with Crippen LogP contribution in [-0.2, 0) is 41.9 Å². The smallest absolute Gasteiger partial charge is 0.406 e. The largest absolute Gasteiger partial charge is 0.573 e. The summed E-state index contributed by atoms with van der Waals surface area (Å²) in [5.41, 5.74) is 1.63. The maximum absolute atomic E-state index is 14.8. The van der Waals surface area contributed by atoms with Crippen LogP contribution in [-0.4, -0.2) is 61.9 Å². The van der Waals surface area contributed by atoms with Gasteiger partial charge in [-0.3, -0.25) is 15.1 Å². The first-order valence-electron chi connectivity index (χ1n) is 13.9. The number of halogens is 6. The van der Waals surface area contributed by atoms with Crippen LogP contribution >= 0.6 is 11.3 Å². The van der Waals surface area contributed by atoms with Gasteiger partial charge in [0.15, 0.2) is 6.23 Å². The Balaban J connectivity index is 1.23. The topological polar surface area (TPSA) is 129 Å². The molecule has 4 rings (SSSR count). The highest BCUT2D eigenvalue weighted by atomic mass is 32.1. The number of carbonyl (C=O) groups is 1. The third-order valence-electron chi connectivity index (χ3n) is 6.30. The van der Waals surface area contributed by atoms with E-state index < -0.39 is 48.8 Å². The first-order valence-corrected chi connectivity index (χ1v) is 14.7. The average molecular weight is 673 g/mol. The Morgan fingerprint density at radius 1 is 1.13 bits per heavy atom. The Kier molecular flexibility index (Phi) is 12.0. The van der Waals surface area contributed by atoms with Crippen LogP contribution in [0, 0.1) is 5.82 Å². The monoisotopic (exact) mass is 672 g/mol. The molecule has 3 aromatic heterocycles. The number of amides is 1. The summed E-state index contributed by atoms with van der Waals surface area (Å²) >= 11 is 0.982. The van der Waals surface area contributed by atoms with Crippen LogP contribution in [0.5, 0.6) is 5.75 Å². The molecule has 0 radical (unpaired) electrons. The Labute approximate surface area is 263 Å². The van der Waals surface area contributed by atoms with Crippen LogP contribution in [0.2, 0.25) is 0 Å². The summed E-state index contributed by atoms with van der Waals surface area (Å²) in [7, 11) is 1.48. The minimum Gasteiger partial charge on any atom is -0.406 e. The van der Waals surface area contributed by atoms with Crippen molar-refractivity contribution in [3.05, 3.63) is 76.1 Å². The number of nitrogens with one attached hydrogen (secondary N) is 2. The highest BCUT2D eigenvalue weighted by Crippen LogP contribution is 2.25. The molecule has 2 N–H and O–H groups in total. The number of ether oxygens (including phenoxy) is 2. The normalized spacial score (nSPS) is 13.7. The van der Waals surface area contributed by atoms with Gasteiger partial charge in [0.2, 0.25) is 11.0 Å². The number of aromatic nitrogens is 6. The van der Waals surface area contributed by atoms with Crippen LogP contribution in [0.3, 0.4) is 0 Å². The predicted octanol–water partition coefficient (Wildman–Crippen LogP) is 5.05. The van der Waals surface area contributed by atoms with Gasteiger partial charge in [0.05, 0.1) is 24.9 Å². The molecule has 0 aliphatic heterocycles. The van der Waals surface area contributed by atoms with E-state index in [2.05, 4.69) is 40.9 Å². The Morgan fingerprint density at radius 3 is 2.67 bits per heavy atom. The molecule has 0 saturated heterocycles. The molecule has 1 aromatic carbocycles. The summed E-state index contributed by atoms with van der Waals surface area (Å²) in [4.78, 5) is 16.6. The van der Waals surface area contributed by atoms with Crippen molar-refractivity contribution in [2.24, 2.45) is 0 Å². The summed E-state index contributed by atoms with van der Waals surface area (Å²) < 4.78 is 90.1. The van der Waals surface area contributed by atoms with Gasteiger partial charge in [-0.05, 0) is 49.2 Å². The summed E-state index contributed by atoms with van der Waals surface area (Å²) in [5, 5.41) is 21.8. The first kappa shape index (κ1) is 34.7. The molecule has 18 heteroatoms. The average Bonchev–Trinajstić information content (AvgIpc) is 3.62. The number of pyridine rings is 1. The van der Waals surface area contributed by atoms with Crippen molar-refractivity contribution >= 4 is 22.4 Å². The van der Waals surface area contributed by atoms with Crippen molar-refractivity contribution in [1.29, 1.82) is 0 Å². The van der Waals surface area contributed by atoms with E-state index in [4.69, 9.17) is 4.74 Å². The number of hydrogen-bond acceptors (Lipinski definition) is 10.